The van der Waals surface area contributed by atoms with Crippen LogP contribution in [0.2, 0.25) is 0 Å². The minimum absolute atomic E-state index is 0.142. The molecule has 0 unspecified atom stereocenters. The Morgan fingerprint density at radius 2 is 2.03 bits per heavy atom. The SMILES string of the molecule is CCc1nnc([C@@H]2C(=N)S/C(=C\c3ccc(OCc4ccccc4C#N)c(OC)c3)C2=O)s1. The zero-order chi connectivity index (χ0) is 23.4. The lowest BCUT2D eigenvalue weighted by Crippen LogP contribution is -2.11. The van der Waals surface area contributed by atoms with E-state index >= 15 is 0 Å². The Kier molecular flexibility index (Phi) is 6.87. The number of carbonyl (C=O) groups is 1. The number of aromatic nitrogens is 2. The Hall–Kier alpha value is -3.48. The van der Waals surface area contributed by atoms with Crippen LogP contribution in [0.15, 0.2) is 47.4 Å². The predicted octanol–water partition coefficient (Wildman–Crippen LogP) is 4.98. The molecule has 3 aromatic rings. The first-order chi connectivity index (χ1) is 16.0. The number of allylic oxidation sites excluding steroid dienone is 1. The number of rotatable bonds is 7. The van der Waals surface area contributed by atoms with Gasteiger partial charge >= 0.3 is 0 Å². The van der Waals surface area contributed by atoms with E-state index in [1.807, 2.05) is 31.2 Å². The second-order valence-electron chi connectivity index (χ2n) is 7.13. The molecule has 9 heteroatoms. The van der Waals surface area contributed by atoms with Crippen LogP contribution in [0, 0.1) is 16.7 Å². The van der Waals surface area contributed by atoms with Crippen LogP contribution in [0.3, 0.4) is 0 Å². The molecular formula is C24H20N4O3S2. The maximum absolute atomic E-state index is 13.0. The normalized spacial score (nSPS) is 16.8. The molecule has 4 rings (SSSR count). The van der Waals surface area contributed by atoms with Crippen LogP contribution < -0.4 is 9.47 Å². The first-order valence-electron chi connectivity index (χ1n) is 10.2. The number of hydrogen-bond donors (Lipinski definition) is 1. The molecule has 1 N–H and O–H groups in total. The number of benzene rings is 2. The lowest BCUT2D eigenvalue weighted by Gasteiger charge is -2.12. The van der Waals surface area contributed by atoms with Crippen molar-refractivity contribution in [3.63, 3.8) is 0 Å². The number of Topliss-reactive ketones (excluding diaryl/α,β-unsaturated/α-hetero) is 1. The molecular weight excluding hydrogens is 456 g/mol. The summed E-state index contributed by atoms with van der Waals surface area (Å²) in [5, 5.41) is 27.4. The number of aryl methyl sites for hydroxylation is 1. The van der Waals surface area contributed by atoms with Crippen molar-refractivity contribution in [1.29, 1.82) is 10.7 Å². The standard InChI is InChI=1S/C24H20N4O3S2/c1-3-20-27-28-24(33-20)21-22(29)19(32-23(21)26)11-14-8-9-17(18(10-14)30-2)31-13-16-7-5-4-6-15(16)12-25/h4-11,21,26H,3,13H2,1-2H3/b19-11-,26-23?/t21-/m0/s1. The van der Waals surface area contributed by atoms with E-state index in [-0.39, 0.29) is 17.4 Å². The monoisotopic (exact) mass is 476 g/mol. The number of nitriles is 1. The Balaban J connectivity index is 1.53. The molecule has 2 heterocycles. The molecule has 7 nitrogen and oxygen atoms in total. The average Bonchev–Trinajstić information content (AvgIpc) is 3.41. The van der Waals surface area contributed by atoms with E-state index < -0.39 is 5.92 Å². The predicted molar refractivity (Wildman–Crippen MR) is 129 cm³/mol. The van der Waals surface area contributed by atoms with E-state index in [1.165, 1.54) is 11.3 Å². The molecule has 1 fully saturated rings. The van der Waals surface area contributed by atoms with Gasteiger partial charge in [-0.1, -0.05) is 43.0 Å². The Bertz CT molecular complexity index is 1290. The highest BCUT2D eigenvalue weighted by Crippen LogP contribution is 2.42. The largest absolute Gasteiger partial charge is 0.493 e. The third kappa shape index (κ3) is 4.82. The van der Waals surface area contributed by atoms with Crippen LogP contribution in [0.25, 0.3) is 6.08 Å². The maximum atomic E-state index is 13.0. The van der Waals surface area contributed by atoms with Crippen LogP contribution in [0.5, 0.6) is 11.5 Å². The summed E-state index contributed by atoms with van der Waals surface area (Å²) in [7, 11) is 1.55. The van der Waals surface area contributed by atoms with Gasteiger partial charge in [-0.2, -0.15) is 5.26 Å². The lowest BCUT2D eigenvalue weighted by molar-refractivity contribution is -0.114. The first kappa shape index (κ1) is 22.7. The van der Waals surface area contributed by atoms with Gasteiger partial charge in [-0.05, 0) is 36.3 Å². The van der Waals surface area contributed by atoms with Crippen molar-refractivity contribution in [2.24, 2.45) is 0 Å². The molecule has 0 spiro atoms. The van der Waals surface area contributed by atoms with E-state index in [9.17, 15) is 10.1 Å². The lowest BCUT2D eigenvalue weighted by atomic mass is 10.0. The van der Waals surface area contributed by atoms with Crippen molar-refractivity contribution in [2.45, 2.75) is 25.9 Å². The second-order valence-corrected chi connectivity index (χ2v) is 9.31. The van der Waals surface area contributed by atoms with E-state index in [4.69, 9.17) is 14.9 Å². The summed E-state index contributed by atoms with van der Waals surface area (Å²) in [5.74, 6) is 0.224. The van der Waals surface area contributed by atoms with E-state index in [2.05, 4.69) is 16.3 Å². The van der Waals surface area contributed by atoms with Crippen molar-refractivity contribution < 1.29 is 14.3 Å². The second kappa shape index (κ2) is 9.98. The minimum atomic E-state index is -0.677. The fourth-order valence-electron chi connectivity index (χ4n) is 3.30. The Morgan fingerprint density at radius 1 is 1.21 bits per heavy atom. The topological polar surface area (TPSA) is 109 Å². The van der Waals surface area contributed by atoms with Crippen LogP contribution in [-0.4, -0.2) is 28.1 Å². The zero-order valence-electron chi connectivity index (χ0n) is 18.0. The number of methoxy groups -OCH3 is 1. The first-order valence-corrected chi connectivity index (χ1v) is 11.8. The van der Waals surface area contributed by atoms with Crippen molar-refractivity contribution in [2.75, 3.05) is 7.11 Å². The molecule has 1 aliphatic heterocycles. The third-order valence-corrected chi connectivity index (χ3v) is 7.15. The molecule has 0 radical (unpaired) electrons. The van der Waals surface area contributed by atoms with Gasteiger partial charge in [-0.15, -0.1) is 21.5 Å². The molecule has 33 heavy (non-hydrogen) atoms. The fraction of sp³-hybridized carbons (Fsp3) is 0.208. The summed E-state index contributed by atoms with van der Waals surface area (Å²) in [5.41, 5.74) is 2.11. The molecule has 166 valence electrons. The molecule has 1 aliphatic rings. The smallest absolute Gasteiger partial charge is 0.186 e. The van der Waals surface area contributed by atoms with Gasteiger partial charge in [-0.3, -0.25) is 10.2 Å². The number of nitrogens with zero attached hydrogens (tertiary/aromatic N) is 3. The van der Waals surface area contributed by atoms with Gasteiger partial charge in [-0.25, -0.2) is 0 Å². The number of thioether (sulfide) groups is 1. The van der Waals surface area contributed by atoms with Gasteiger partial charge in [0.05, 0.1) is 28.7 Å². The molecule has 1 atom stereocenters. The molecule has 1 aromatic heterocycles. The highest BCUT2D eigenvalue weighted by atomic mass is 32.2. The Labute approximate surface area is 199 Å². The highest BCUT2D eigenvalue weighted by Gasteiger charge is 2.39. The summed E-state index contributed by atoms with van der Waals surface area (Å²) in [6.07, 6.45) is 2.50. The maximum Gasteiger partial charge on any atom is 0.186 e. The van der Waals surface area contributed by atoms with Gasteiger partial charge in [0.1, 0.15) is 22.5 Å². The molecule has 1 saturated heterocycles. The summed E-state index contributed by atoms with van der Waals surface area (Å²) in [4.78, 5) is 13.5. The number of ketones is 1. The van der Waals surface area contributed by atoms with Gasteiger partial charge in [0.2, 0.25) is 0 Å². The van der Waals surface area contributed by atoms with Crippen LogP contribution in [0.4, 0.5) is 0 Å². The average molecular weight is 477 g/mol. The van der Waals surface area contributed by atoms with E-state index in [0.29, 0.717) is 27.0 Å². The van der Waals surface area contributed by atoms with Crippen LogP contribution in [-0.2, 0) is 17.8 Å². The number of hydrogen-bond acceptors (Lipinski definition) is 9. The quantitative estimate of drug-likeness (QED) is 0.479. The molecule has 0 amide bonds. The minimum Gasteiger partial charge on any atom is -0.493 e. The van der Waals surface area contributed by atoms with Gasteiger partial charge in [0, 0.05) is 5.56 Å². The number of ether oxygens (including phenoxy) is 2. The van der Waals surface area contributed by atoms with Gasteiger partial charge in [0.15, 0.2) is 17.3 Å². The molecule has 0 bridgehead atoms. The van der Waals surface area contributed by atoms with Gasteiger partial charge < -0.3 is 9.47 Å². The fourth-order valence-corrected chi connectivity index (χ4v) is 5.25. The molecule has 0 aliphatic carbocycles. The third-order valence-electron chi connectivity index (χ3n) is 5.03. The van der Waals surface area contributed by atoms with Crippen molar-refractivity contribution in [3.8, 4) is 17.6 Å². The summed E-state index contributed by atoms with van der Waals surface area (Å²) >= 11 is 2.53. The van der Waals surface area contributed by atoms with Gasteiger partial charge in [0.25, 0.3) is 0 Å². The van der Waals surface area contributed by atoms with Crippen LogP contribution in [0.1, 0.15) is 39.5 Å². The highest BCUT2D eigenvalue weighted by molar-refractivity contribution is 8.19. The summed E-state index contributed by atoms with van der Waals surface area (Å²) < 4.78 is 11.4. The Morgan fingerprint density at radius 3 is 2.76 bits per heavy atom. The summed E-state index contributed by atoms with van der Waals surface area (Å²) in [6.45, 7) is 2.21. The zero-order valence-corrected chi connectivity index (χ0v) is 19.6. The van der Waals surface area contributed by atoms with Crippen molar-refractivity contribution >= 4 is 40.0 Å². The number of carbonyl (C=O) groups excluding carboxylic acids is 1. The molecule has 2 aromatic carbocycles. The van der Waals surface area contributed by atoms with Crippen molar-refractivity contribution in [3.05, 3.63) is 74.1 Å². The van der Waals surface area contributed by atoms with E-state index in [1.54, 1.807) is 31.4 Å². The number of nitrogens with one attached hydrogen (secondary N) is 1. The van der Waals surface area contributed by atoms with E-state index in [0.717, 1.165) is 34.3 Å². The van der Waals surface area contributed by atoms with Crippen LogP contribution >= 0.6 is 23.1 Å². The molecule has 0 saturated carbocycles. The van der Waals surface area contributed by atoms with Crippen molar-refractivity contribution in [1.82, 2.24) is 10.2 Å². The summed E-state index contributed by atoms with van der Waals surface area (Å²) in [6, 6.07) is 14.8.